The molecule has 0 spiro atoms. The Morgan fingerprint density at radius 1 is 1.42 bits per heavy atom. The highest BCUT2D eigenvalue weighted by Gasteiger charge is 2.37. The highest BCUT2D eigenvalue weighted by atomic mass is 32.1. The van der Waals surface area contributed by atoms with Crippen LogP contribution in [0.4, 0.5) is 0 Å². The van der Waals surface area contributed by atoms with Gasteiger partial charge in [-0.1, -0.05) is 13.8 Å². The van der Waals surface area contributed by atoms with Crippen LogP contribution >= 0.6 is 11.3 Å². The number of rotatable bonds is 4. The Kier molecular flexibility index (Phi) is 4.35. The van der Waals surface area contributed by atoms with E-state index in [9.17, 15) is 14.7 Å². The van der Waals surface area contributed by atoms with Crippen LogP contribution in [0, 0.1) is 12.8 Å². The van der Waals surface area contributed by atoms with Gasteiger partial charge in [-0.2, -0.15) is 0 Å². The first kappa shape index (κ1) is 16.6. The number of carbonyl (C=O) groups is 2. The lowest BCUT2D eigenvalue weighted by Gasteiger charge is -2.33. The number of thiazole rings is 1. The lowest BCUT2D eigenvalue weighted by molar-refractivity contribution is -0.143. The molecule has 1 amide bonds. The summed E-state index contributed by atoms with van der Waals surface area (Å²) >= 11 is 1.43. The zero-order valence-corrected chi connectivity index (χ0v) is 14.6. The summed E-state index contributed by atoms with van der Waals surface area (Å²) in [5, 5.41) is 20.1. The molecule has 1 N–H and O–H groups in total. The highest BCUT2D eigenvalue weighted by Crippen LogP contribution is 2.22. The Balaban J connectivity index is 1.87. The summed E-state index contributed by atoms with van der Waals surface area (Å²) in [7, 11) is 0. The molecule has 0 radical (unpaired) electrons. The van der Waals surface area contributed by atoms with E-state index < -0.39 is 12.0 Å². The largest absolute Gasteiger partial charge is 0.480 e. The summed E-state index contributed by atoms with van der Waals surface area (Å²) in [6.45, 7) is 6.21. The first-order valence-electron chi connectivity index (χ1n) is 7.73. The summed E-state index contributed by atoms with van der Waals surface area (Å²) in [4.78, 5) is 30.1. The van der Waals surface area contributed by atoms with Crippen molar-refractivity contribution in [2.24, 2.45) is 5.92 Å². The second-order valence-electron chi connectivity index (χ2n) is 6.29. The van der Waals surface area contributed by atoms with Gasteiger partial charge >= 0.3 is 5.97 Å². The number of carbonyl (C=O) groups excluding carboxylic acids is 1. The fourth-order valence-corrected chi connectivity index (χ4v) is 3.72. The topological polar surface area (TPSA) is 101 Å². The van der Waals surface area contributed by atoms with Crippen LogP contribution in [0.3, 0.4) is 0 Å². The molecule has 8 nitrogen and oxygen atoms in total. The van der Waals surface area contributed by atoms with E-state index in [4.69, 9.17) is 0 Å². The maximum atomic E-state index is 12.8. The Morgan fingerprint density at radius 3 is 2.83 bits per heavy atom. The molecule has 3 heterocycles. The zero-order chi connectivity index (χ0) is 17.4. The minimum atomic E-state index is -1.04. The van der Waals surface area contributed by atoms with Gasteiger partial charge < -0.3 is 14.6 Å². The van der Waals surface area contributed by atoms with Gasteiger partial charge in [0.05, 0.1) is 18.1 Å². The highest BCUT2D eigenvalue weighted by molar-refractivity contribution is 7.09. The molecule has 1 unspecified atom stereocenters. The summed E-state index contributed by atoms with van der Waals surface area (Å²) < 4.78 is 1.74. The molecule has 3 rings (SSSR count). The van der Waals surface area contributed by atoms with Crippen LogP contribution in [0.5, 0.6) is 0 Å². The molecule has 2 aromatic heterocycles. The van der Waals surface area contributed by atoms with Gasteiger partial charge in [0.2, 0.25) is 0 Å². The molecule has 0 saturated heterocycles. The number of nitrogens with zero attached hydrogens (tertiary/aromatic N) is 5. The molecule has 9 heteroatoms. The first-order valence-corrected chi connectivity index (χ1v) is 8.61. The van der Waals surface area contributed by atoms with Crippen molar-refractivity contribution in [3.05, 3.63) is 27.7 Å². The van der Waals surface area contributed by atoms with Gasteiger partial charge in [0, 0.05) is 11.8 Å². The number of carboxylic acid groups (broad SMARTS) is 1. The van der Waals surface area contributed by atoms with E-state index in [2.05, 4.69) is 29.0 Å². The average molecular weight is 349 g/mol. The number of amides is 1. The molecule has 128 valence electrons. The van der Waals surface area contributed by atoms with E-state index in [0.29, 0.717) is 23.3 Å². The van der Waals surface area contributed by atoms with Crippen molar-refractivity contribution in [1.82, 2.24) is 24.6 Å². The fourth-order valence-electron chi connectivity index (χ4n) is 2.74. The molecule has 0 saturated carbocycles. The molecular formula is C15H19N5O3S. The van der Waals surface area contributed by atoms with Crippen molar-refractivity contribution in [2.45, 2.75) is 46.3 Å². The van der Waals surface area contributed by atoms with Crippen LogP contribution in [-0.2, 0) is 24.3 Å². The van der Waals surface area contributed by atoms with Crippen LogP contribution in [-0.4, -0.2) is 47.7 Å². The molecular weight excluding hydrogens is 330 g/mol. The molecule has 1 atom stereocenters. The van der Waals surface area contributed by atoms with Gasteiger partial charge in [0.15, 0.2) is 5.82 Å². The lowest BCUT2D eigenvalue weighted by Crippen LogP contribution is -2.50. The molecule has 1 aliphatic rings. The summed E-state index contributed by atoms with van der Waals surface area (Å²) in [6, 6.07) is -0.949. The number of carboxylic acids is 1. The van der Waals surface area contributed by atoms with E-state index in [0.717, 1.165) is 11.4 Å². The molecule has 2 aromatic rings. The third kappa shape index (κ3) is 3.03. The van der Waals surface area contributed by atoms with Gasteiger partial charge in [-0.3, -0.25) is 4.79 Å². The number of hydrogen-bond acceptors (Lipinski definition) is 6. The van der Waals surface area contributed by atoms with Gasteiger partial charge in [-0.25, -0.2) is 9.78 Å². The zero-order valence-electron chi connectivity index (χ0n) is 13.8. The van der Waals surface area contributed by atoms with Crippen LogP contribution < -0.4 is 0 Å². The van der Waals surface area contributed by atoms with E-state index in [1.165, 1.54) is 16.2 Å². The summed E-state index contributed by atoms with van der Waals surface area (Å²) in [6.07, 6.45) is 0.799. The average Bonchev–Trinajstić information content (AvgIpc) is 3.12. The third-order valence-electron chi connectivity index (χ3n) is 3.96. The van der Waals surface area contributed by atoms with Crippen molar-refractivity contribution in [1.29, 1.82) is 0 Å². The van der Waals surface area contributed by atoms with E-state index in [-0.39, 0.29) is 19.0 Å². The number of hydrogen-bond donors (Lipinski definition) is 1. The number of aliphatic carboxylic acids is 1. The van der Waals surface area contributed by atoms with Gasteiger partial charge in [-0.15, -0.1) is 21.5 Å². The molecule has 0 bridgehead atoms. The number of fused-ring (bicyclic) bond motifs is 1. The maximum absolute atomic E-state index is 12.8. The lowest BCUT2D eigenvalue weighted by atomic mass is 10.1. The molecule has 24 heavy (non-hydrogen) atoms. The van der Waals surface area contributed by atoms with Crippen molar-refractivity contribution < 1.29 is 14.7 Å². The number of aryl methyl sites for hydroxylation is 1. The molecule has 0 aliphatic carbocycles. The Labute approximate surface area is 143 Å². The van der Waals surface area contributed by atoms with Crippen LogP contribution in [0.1, 0.15) is 41.0 Å². The molecule has 0 aromatic carbocycles. The van der Waals surface area contributed by atoms with Gasteiger partial charge in [-0.05, 0) is 12.8 Å². The minimum absolute atomic E-state index is 0.119. The molecule has 0 fully saturated rings. The standard InChI is InChI=1S/C15H19N5O3S/c1-8(2)4-13-16-10(7-24-13)14(21)20-6-12-18-17-9(3)19(12)5-11(20)15(22)23/h7-8,11H,4-6H2,1-3H3,(H,22,23). The van der Waals surface area contributed by atoms with Gasteiger partial charge in [0.1, 0.15) is 17.6 Å². The summed E-state index contributed by atoms with van der Waals surface area (Å²) in [5.41, 5.74) is 0.298. The summed E-state index contributed by atoms with van der Waals surface area (Å²) in [5.74, 6) is 0.273. The monoisotopic (exact) mass is 349 g/mol. The second kappa shape index (κ2) is 6.31. The quantitative estimate of drug-likeness (QED) is 0.894. The normalized spacial score (nSPS) is 17.2. The van der Waals surface area contributed by atoms with Crippen LogP contribution in [0.25, 0.3) is 0 Å². The van der Waals surface area contributed by atoms with Crippen LogP contribution in [0.15, 0.2) is 5.38 Å². The van der Waals surface area contributed by atoms with Crippen molar-refractivity contribution in [3.63, 3.8) is 0 Å². The van der Waals surface area contributed by atoms with Gasteiger partial charge in [0.25, 0.3) is 5.91 Å². The van der Waals surface area contributed by atoms with E-state index in [1.54, 1.807) is 16.9 Å². The van der Waals surface area contributed by atoms with Crippen molar-refractivity contribution >= 4 is 23.2 Å². The fraction of sp³-hybridized carbons (Fsp3) is 0.533. The predicted molar refractivity (Wildman–Crippen MR) is 86.7 cm³/mol. The smallest absolute Gasteiger partial charge is 0.328 e. The Morgan fingerprint density at radius 2 is 2.17 bits per heavy atom. The SMILES string of the molecule is Cc1nnc2n1CC(C(=O)O)N(C(=O)c1csc(CC(C)C)n1)C2. The predicted octanol–water partition coefficient (Wildman–Crippen LogP) is 1.35. The maximum Gasteiger partial charge on any atom is 0.328 e. The van der Waals surface area contributed by atoms with E-state index >= 15 is 0 Å². The van der Waals surface area contributed by atoms with Crippen molar-refractivity contribution in [3.8, 4) is 0 Å². The van der Waals surface area contributed by atoms with E-state index in [1.807, 2.05) is 0 Å². The molecule has 1 aliphatic heterocycles. The minimum Gasteiger partial charge on any atom is -0.480 e. The first-order chi connectivity index (χ1) is 11.4. The van der Waals surface area contributed by atoms with Crippen LogP contribution in [0.2, 0.25) is 0 Å². The Bertz CT molecular complexity index is 782. The second-order valence-corrected chi connectivity index (χ2v) is 7.23. The number of aromatic nitrogens is 4. The van der Waals surface area contributed by atoms with Crippen molar-refractivity contribution in [2.75, 3.05) is 0 Å². The third-order valence-corrected chi connectivity index (χ3v) is 4.83. The Hall–Kier alpha value is -2.29.